The average Bonchev–Trinajstić information content (AvgIpc) is 2.44. The quantitative estimate of drug-likeness (QED) is 0.614. The van der Waals surface area contributed by atoms with Crippen LogP contribution in [0.25, 0.3) is 0 Å². The smallest absolute Gasteiger partial charge is 0.324 e. The maximum absolute atomic E-state index is 11.4. The SMILES string of the molecule is COC(=O)C1CCC(C)N1S(C)(=O)=O. The Labute approximate surface area is 84.1 Å². The molecule has 0 spiro atoms. The summed E-state index contributed by atoms with van der Waals surface area (Å²) >= 11 is 0. The van der Waals surface area contributed by atoms with E-state index in [4.69, 9.17) is 0 Å². The van der Waals surface area contributed by atoms with Gasteiger partial charge >= 0.3 is 5.97 Å². The van der Waals surface area contributed by atoms with E-state index in [-0.39, 0.29) is 6.04 Å². The molecule has 1 fully saturated rings. The van der Waals surface area contributed by atoms with Gasteiger partial charge in [0.1, 0.15) is 6.04 Å². The molecular weight excluding hydrogens is 206 g/mol. The summed E-state index contributed by atoms with van der Waals surface area (Å²) in [4.78, 5) is 11.3. The van der Waals surface area contributed by atoms with Crippen LogP contribution < -0.4 is 0 Å². The molecule has 0 bridgehead atoms. The highest BCUT2D eigenvalue weighted by molar-refractivity contribution is 7.88. The lowest BCUT2D eigenvalue weighted by molar-refractivity contribution is -0.144. The maximum atomic E-state index is 11.4. The molecule has 0 aromatic carbocycles. The Morgan fingerprint density at radius 2 is 2.00 bits per heavy atom. The second kappa shape index (κ2) is 3.86. The molecule has 0 N–H and O–H groups in total. The third-order valence-electron chi connectivity index (χ3n) is 2.46. The van der Waals surface area contributed by atoms with Crippen LogP contribution in [0.5, 0.6) is 0 Å². The molecule has 2 unspecified atom stereocenters. The molecule has 0 amide bonds. The molecule has 0 radical (unpaired) electrons. The molecule has 82 valence electrons. The molecule has 0 aromatic heterocycles. The number of methoxy groups -OCH3 is 1. The lowest BCUT2D eigenvalue weighted by Gasteiger charge is -2.23. The highest BCUT2D eigenvalue weighted by Crippen LogP contribution is 2.27. The summed E-state index contributed by atoms with van der Waals surface area (Å²) in [7, 11) is -2.05. The van der Waals surface area contributed by atoms with Crippen LogP contribution in [0.1, 0.15) is 19.8 Å². The Balaban J connectivity index is 2.94. The van der Waals surface area contributed by atoms with E-state index in [0.717, 1.165) is 6.26 Å². The van der Waals surface area contributed by atoms with Gasteiger partial charge in [-0.15, -0.1) is 0 Å². The second-order valence-corrected chi connectivity index (χ2v) is 5.45. The Hall–Kier alpha value is -0.620. The number of carbonyl (C=O) groups is 1. The van der Waals surface area contributed by atoms with Crippen LogP contribution in [0.15, 0.2) is 0 Å². The summed E-state index contributed by atoms with van der Waals surface area (Å²) < 4.78 is 28.6. The number of esters is 1. The fourth-order valence-corrected chi connectivity index (χ4v) is 3.29. The highest BCUT2D eigenvalue weighted by atomic mass is 32.2. The van der Waals surface area contributed by atoms with Crippen LogP contribution in [-0.2, 0) is 19.6 Å². The van der Waals surface area contributed by atoms with Crippen LogP contribution in [0.3, 0.4) is 0 Å². The highest BCUT2D eigenvalue weighted by Gasteiger charge is 2.41. The average molecular weight is 221 g/mol. The van der Waals surface area contributed by atoms with Gasteiger partial charge in [0.15, 0.2) is 0 Å². The molecule has 0 aliphatic carbocycles. The first-order chi connectivity index (χ1) is 6.38. The molecule has 1 heterocycles. The predicted molar refractivity (Wildman–Crippen MR) is 51.2 cm³/mol. The van der Waals surface area contributed by atoms with Crippen LogP contribution in [0.4, 0.5) is 0 Å². The lowest BCUT2D eigenvalue weighted by atomic mass is 10.2. The van der Waals surface area contributed by atoms with E-state index in [9.17, 15) is 13.2 Å². The lowest BCUT2D eigenvalue weighted by Crippen LogP contribution is -2.43. The van der Waals surface area contributed by atoms with Gasteiger partial charge < -0.3 is 4.74 Å². The summed E-state index contributed by atoms with van der Waals surface area (Å²) in [5.74, 6) is -0.472. The van der Waals surface area contributed by atoms with Gasteiger partial charge in [-0.1, -0.05) is 0 Å². The van der Waals surface area contributed by atoms with E-state index < -0.39 is 22.0 Å². The summed E-state index contributed by atoms with van der Waals surface area (Å²) in [5.41, 5.74) is 0. The molecule has 6 heteroatoms. The molecule has 0 saturated carbocycles. The Kier molecular flexibility index (Phi) is 3.16. The Bertz CT molecular complexity index is 324. The molecule has 1 saturated heterocycles. The fourth-order valence-electron chi connectivity index (χ4n) is 1.88. The van der Waals surface area contributed by atoms with E-state index in [1.54, 1.807) is 6.92 Å². The largest absolute Gasteiger partial charge is 0.468 e. The summed E-state index contributed by atoms with van der Waals surface area (Å²) in [6, 6.07) is -0.751. The van der Waals surface area contributed by atoms with Gasteiger partial charge in [-0.25, -0.2) is 8.42 Å². The maximum Gasteiger partial charge on any atom is 0.324 e. The van der Waals surface area contributed by atoms with E-state index >= 15 is 0 Å². The Morgan fingerprint density at radius 3 is 2.43 bits per heavy atom. The first-order valence-electron chi connectivity index (χ1n) is 4.44. The Morgan fingerprint density at radius 1 is 1.43 bits per heavy atom. The molecular formula is C8H15NO4S. The minimum absolute atomic E-state index is 0.117. The summed E-state index contributed by atoms with van der Waals surface area (Å²) in [6.45, 7) is 1.80. The monoisotopic (exact) mass is 221 g/mol. The molecule has 1 aliphatic heterocycles. The predicted octanol–water partition coefficient (Wildman–Crippen LogP) is -0.0281. The minimum atomic E-state index is -3.32. The van der Waals surface area contributed by atoms with E-state index in [2.05, 4.69) is 4.74 Å². The fraction of sp³-hybridized carbons (Fsp3) is 0.875. The topological polar surface area (TPSA) is 63.7 Å². The van der Waals surface area contributed by atoms with Crippen molar-refractivity contribution in [1.29, 1.82) is 0 Å². The standard InChI is InChI=1S/C8H15NO4S/c1-6-4-5-7(8(10)13-2)9(6)14(3,11)12/h6-7H,4-5H2,1-3H3. The summed E-state index contributed by atoms with van der Waals surface area (Å²) in [5, 5.41) is 0. The molecule has 0 aromatic rings. The van der Waals surface area contributed by atoms with Crippen molar-refractivity contribution in [3.05, 3.63) is 0 Å². The number of hydrogen-bond donors (Lipinski definition) is 0. The molecule has 1 rings (SSSR count). The molecule has 14 heavy (non-hydrogen) atoms. The first-order valence-corrected chi connectivity index (χ1v) is 6.29. The normalized spacial score (nSPS) is 29.1. The van der Waals surface area contributed by atoms with Crippen LogP contribution in [0, 0.1) is 0 Å². The number of rotatable bonds is 2. The number of sulfonamides is 1. The van der Waals surface area contributed by atoms with Gasteiger partial charge in [-0.3, -0.25) is 4.79 Å². The number of hydrogen-bond acceptors (Lipinski definition) is 4. The number of carbonyl (C=O) groups excluding carboxylic acids is 1. The first kappa shape index (κ1) is 11.5. The van der Waals surface area contributed by atoms with Crippen molar-refractivity contribution in [3.63, 3.8) is 0 Å². The molecule has 2 atom stereocenters. The minimum Gasteiger partial charge on any atom is -0.468 e. The summed E-state index contributed by atoms with van der Waals surface area (Å²) in [6.07, 6.45) is 2.36. The van der Waals surface area contributed by atoms with Crippen LogP contribution in [-0.4, -0.2) is 44.1 Å². The zero-order chi connectivity index (χ0) is 10.9. The van der Waals surface area contributed by atoms with E-state index in [1.165, 1.54) is 11.4 Å². The zero-order valence-corrected chi connectivity index (χ0v) is 9.37. The van der Waals surface area contributed by atoms with Gasteiger partial charge in [-0.2, -0.15) is 4.31 Å². The number of ether oxygens (including phenoxy) is 1. The number of nitrogens with zero attached hydrogens (tertiary/aromatic N) is 1. The molecule has 5 nitrogen and oxygen atoms in total. The molecule has 1 aliphatic rings. The van der Waals surface area contributed by atoms with Crippen molar-refractivity contribution >= 4 is 16.0 Å². The van der Waals surface area contributed by atoms with Crippen molar-refractivity contribution < 1.29 is 17.9 Å². The van der Waals surface area contributed by atoms with Crippen molar-refractivity contribution in [2.75, 3.05) is 13.4 Å². The van der Waals surface area contributed by atoms with Crippen molar-refractivity contribution in [1.82, 2.24) is 4.31 Å². The second-order valence-electron chi connectivity index (χ2n) is 3.56. The third-order valence-corrected chi connectivity index (χ3v) is 3.84. The third kappa shape index (κ3) is 2.06. The van der Waals surface area contributed by atoms with Gasteiger partial charge in [0.2, 0.25) is 10.0 Å². The van der Waals surface area contributed by atoms with Gasteiger partial charge in [-0.05, 0) is 19.8 Å². The van der Waals surface area contributed by atoms with E-state index in [0.29, 0.717) is 12.8 Å². The van der Waals surface area contributed by atoms with Gasteiger partial charge in [0.25, 0.3) is 0 Å². The zero-order valence-electron chi connectivity index (χ0n) is 8.56. The van der Waals surface area contributed by atoms with Crippen LogP contribution >= 0.6 is 0 Å². The van der Waals surface area contributed by atoms with Crippen LogP contribution in [0.2, 0.25) is 0 Å². The van der Waals surface area contributed by atoms with Gasteiger partial charge in [0.05, 0.1) is 13.4 Å². The van der Waals surface area contributed by atoms with Crippen molar-refractivity contribution in [3.8, 4) is 0 Å². The van der Waals surface area contributed by atoms with Crippen molar-refractivity contribution in [2.45, 2.75) is 31.8 Å². The van der Waals surface area contributed by atoms with Gasteiger partial charge in [0, 0.05) is 6.04 Å². The van der Waals surface area contributed by atoms with Crippen molar-refractivity contribution in [2.24, 2.45) is 0 Å². The van der Waals surface area contributed by atoms with E-state index in [1.807, 2.05) is 0 Å².